The molecule has 1 aromatic heterocycles. The monoisotopic (exact) mass is 319 g/mol. The molecule has 1 aromatic rings. The van der Waals surface area contributed by atoms with E-state index >= 15 is 0 Å². The molecule has 0 aliphatic heterocycles. The third kappa shape index (κ3) is 6.53. The fourth-order valence-electron chi connectivity index (χ4n) is 3.32. The zero-order valence-corrected chi connectivity index (χ0v) is 16.1. The summed E-state index contributed by atoms with van der Waals surface area (Å²) < 4.78 is 5.53. The van der Waals surface area contributed by atoms with Gasteiger partial charge in [0.2, 0.25) is 0 Å². The molecule has 0 spiro atoms. The molecule has 132 valence electrons. The number of hydrogen-bond acceptors (Lipinski definition) is 2. The Kier molecular flexibility index (Phi) is 9.28. The van der Waals surface area contributed by atoms with Gasteiger partial charge in [-0.3, -0.25) is 4.98 Å². The first kappa shape index (κ1) is 20.0. The Bertz CT molecular complexity index is 429. The zero-order chi connectivity index (χ0) is 17.1. The van der Waals surface area contributed by atoms with E-state index in [2.05, 4.69) is 33.8 Å². The molecular weight excluding hydrogens is 282 g/mol. The Balaban J connectivity index is 2.83. The molecule has 0 N–H and O–H groups in total. The molecular formula is C21H37NO. The Labute approximate surface area is 144 Å². The van der Waals surface area contributed by atoms with Crippen LogP contribution >= 0.6 is 0 Å². The zero-order valence-electron chi connectivity index (χ0n) is 16.1. The minimum Gasteiger partial charge on any atom is -0.496 e. The summed E-state index contributed by atoms with van der Waals surface area (Å²) in [6.45, 7) is 9.02. The Morgan fingerprint density at radius 2 is 1.52 bits per heavy atom. The van der Waals surface area contributed by atoms with Crippen LogP contribution in [-0.4, -0.2) is 12.1 Å². The molecule has 2 nitrogen and oxygen atoms in total. The van der Waals surface area contributed by atoms with Crippen LogP contribution < -0.4 is 4.74 Å². The number of unbranched alkanes of at least 4 members (excludes halogenated alkanes) is 6. The molecule has 2 heteroatoms. The predicted molar refractivity (Wildman–Crippen MR) is 100 cm³/mol. The molecule has 0 bridgehead atoms. The first-order chi connectivity index (χ1) is 11.1. The quantitative estimate of drug-likeness (QED) is 0.405. The highest BCUT2D eigenvalue weighted by Gasteiger charge is 2.28. The van der Waals surface area contributed by atoms with Crippen LogP contribution in [0.25, 0.3) is 0 Å². The summed E-state index contributed by atoms with van der Waals surface area (Å²) in [6.07, 6.45) is 15.0. The molecule has 0 radical (unpaired) electrons. The third-order valence-electron chi connectivity index (χ3n) is 5.06. The molecule has 0 saturated heterocycles. The van der Waals surface area contributed by atoms with Crippen LogP contribution in [0, 0.1) is 6.92 Å². The van der Waals surface area contributed by atoms with Crippen molar-refractivity contribution in [1.82, 2.24) is 4.98 Å². The number of ether oxygens (including phenoxy) is 1. The SMILES string of the molecule is CCCCCCC(C)(CCCCCC)c1cc(OC)c(C)cn1. The van der Waals surface area contributed by atoms with Crippen LogP contribution in [0.4, 0.5) is 0 Å². The molecule has 1 rings (SSSR count). The second-order valence-electron chi connectivity index (χ2n) is 7.22. The van der Waals surface area contributed by atoms with Gasteiger partial charge < -0.3 is 4.74 Å². The van der Waals surface area contributed by atoms with Gasteiger partial charge >= 0.3 is 0 Å². The Hall–Kier alpha value is -1.05. The van der Waals surface area contributed by atoms with E-state index in [-0.39, 0.29) is 5.41 Å². The summed E-state index contributed by atoms with van der Waals surface area (Å²) in [7, 11) is 1.76. The van der Waals surface area contributed by atoms with E-state index in [1.54, 1.807) is 7.11 Å². The number of methoxy groups -OCH3 is 1. The van der Waals surface area contributed by atoms with E-state index in [1.165, 1.54) is 69.9 Å². The lowest BCUT2D eigenvalue weighted by Gasteiger charge is -2.30. The van der Waals surface area contributed by atoms with Gasteiger partial charge in [0.05, 0.1) is 7.11 Å². The maximum absolute atomic E-state index is 5.53. The number of nitrogens with zero attached hydrogens (tertiary/aromatic N) is 1. The maximum atomic E-state index is 5.53. The van der Waals surface area contributed by atoms with Gasteiger partial charge in [-0.25, -0.2) is 0 Å². The summed E-state index contributed by atoms with van der Waals surface area (Å²) in [5.41, 5.74) is 2.52. The standard InChI is InChI=1S/C21H37NO/c1-6-8-10-12-14-21(4,15-13-11-9-7-2)20-16-19(23-5)18(3)17-22-20/h16-17H,6-15H2,1-5H3. The van der Waals surface area contributed by atoms with Crippen molar-refractivity contribution in [2.45, 2.75) is 97.3 Å². The average molecular weight is 320 g/mol. The van der Waals surface area contributed by atoms with Gasteiger partial charge in [0, 0.05) is 28.9 Å². The van der Waals surface area contributed by atoms with Crippen molar-refractivity contribution >= 4 is 0 Å². The lowest BCUT2D eigenvalue weighted by Crippen LogP contribution is -2.24. The lowest BCUT2D eigenvalue weighted by atomic mass is 9.76. The summed E-state index contributed by atoms with van der Waals surface area (Å²) in [5.74, 6) is 0.975. The smallest absolute Gasteiger partial charge is 0.125 e. The maximum Gasteiger partial charge on any atom is 0.125 e. The fourth-order valence-corrected chi connectivity index (χ4v) is 3.32. The van der Waals surface area contributed by atoms with E-state index in [9.17, 15) is 0 Å². The number of rotatable bonds is 12. The molecule has 0 amide bonds. The second kappa shape index (κ2) is 10.7. The first-order valence-corrected chi connectivity index (χ1v) is 9.58. The van der Waals surface area contributed by atoms with Crippen molar-refractivity contribution in [1.29, 1.82) is 0 Å². The number of pyridine rings is 1. The molecule has 1 heterocycles. The Morgan fingerprint density at radius 1 is 0.957 bits per heavy atom. The van der Waals surface area contributed by atoms with E-state index < -0.39 is 0 Å². The van der Waals surface area contributed by atoms with Gasteiger partial charge in [0.25, 0.3) is 0 Å². The van der Waals surface area contributed by atoms with Gasteiger partial charge in [0.1, 0.15) is 5.75 Å². The van der Waals surface area contributed by atoms with Crippen molar-refractivity contribution in [3.8, 4) is 5.75 Å². The second-order valence-corrected chi connectivity index (χ2v) is 7.22. The van der Waals surface area contributed by atoms with Gasteiger partial charge in [-0.1, -0.05) is 72.1 Å². The first-order valence-electron chi connectivity index (χ1n) is 9.58. The van der Waals surface area contributed by atoms with Gasteiger partial charge in [0.15, 0.2) is 0 Å². The molecule has 0 atom stereocenters. The number of aromatic nitrogens is 1. The highest BCUT2D eigenvalue weighted by molar-refractivity contribution is 5.34. The van der Waals surface area contributed by atoms with Crippen LogP contribution in [0.3, 0.4) is 0 Å². The predicted octanol–water partition coefficient (Wildman–Crippen LogP) is 6.60. The van der Waals surface area contributed by atoms with Gasteiger partial charge in [-0.15, -0.1) is 0 Å². The molecule has 0 saturated carbocycles. The highest BCUT2D eigenvalue weighted by atomic mass is 16.5. The lowest BCUT2D eigenvalue weighted by molar-refractivity contribution is 0.351. The summed E-state index contributed by atoms with van der Waals surface area (Å²) >= 11 is 0. The average Bonchev–Trinajstić information content (AvgIpc) is 2.56. The van der Waals surface area contributed by atoms with Crippen LogP contribution in [-0.2, 0) is 5.41 Å². The van der Waals surface area contributed by atoms with Crippen molar-refractivity contribution in [2.24, 2.45) is 0 Å². The van der Waals surface area contributed by atoms with Gasteiger partial charge in [-0.2, -0.15) is 0 Å². The molecule has 0 aliphatic carbocycles. The molecule has 0 unspecified atom stereocenters. The van der Waals surface area contributed by atoms with E-state index in [1.807, 2.05) is 6.20 Å². The minimum absolute atomic E-state index is 0.183. The molecule has 0 aliphatic rings. The van der Waals surface area contributed by atoms with Crippen molar-refractivity contribution in [3.63, 3.8) is 0 Å². The van der Waals surface area contributed by atoms with Crippen molar-refractivity contribution in [3.05, 3.63) is 23.5 Å². The number of aryl methyl sites for hydroxylation is 1. The van der Waals surface area contributed by atoms with E-state index in [4.69, 9.17) is 9.72 Å². The van der Waals surface area contributed by atoms with Crippen LogP contribution in [0.5, 0.6) is 5.75 Å². The summed E-state index contributed by atoms with van der Waals surface area (Å²) in [4.78, 5) is 4.78. The van der Waals surface area contributed by atoms with Gasteiger partial charge in [-0.05, 0) is 19.8 Å². The fraction of sp³-hybridized carbons (Fsp3) is 0.762. The minimum atomic E-state index is 0.183. The van der Waals surface area contributed by atoms with Crippen LogP contribution in [0.2, 0.25) is 0 Å². The van der Waals surface area contributed by atoms with Crippen molar-refractivity contribution in [2.75, 3.05) is 7.11 Å². The highest BCUT2D eigenvalue weighted by Crippen LogP contribution is 2.36. The Morgan fingerprint density at radius 3 is 2.00 bits per heavy atom. The largest absolute Gasteiger partial charge is 0.496 e. The molecule has 0 aromatic carbocycles. The number of hydrogen-bond donors (Lipinski definition) is 0. The van der Waals surface area contributed by atoms with Crippen molar-refractivity contribution < 1.29 is 4.74 Å². The van der Waals surface area contributed by atoms with Crippen LogP contribution in [0.1, 0.15) is 96.2 Å². The summed E-state index contributed by atoms with van der Waals surface area (Å²) in [5, 5.41) is 0. The third-order valence-corrected chi connectivity index (χ3v) is 5.06. The van der Waals surface area contributed by atoms with E-state index in [0.29, 0.717) is 0 Å². The van der Waals surface area contributed by atoms with Crippen LogP contribution in [0.15, 0.2) is 12.3 Å². The topological polar surface area (TPSA) is 22.1 Å². The molecule has 23 heavy (non-hydrogen) atoms. The normalized spacial score (nSPS) is 11.7. The summed E-state index contributed by atoms with van der Waals surface area (Å²) in [6, 6.07) is 2.18. The molecule has 0 fully saturated rings. The van der Waals surface area contributed by atoms with E-state index in [0.717, 1.165) is 11.3 Å².